The van der Waals surface area contributed by atoms with Crippen LogP contribution in [-0.2, 0) is 4.79 Å². The first-order valence-electron chi connectivity index (χ1n) is 7.00. The lowest BCUT2D eigenvalue weighted by Crippen LogP contribution is -2.47. The van der Waals surface area contributed by atoms with E-state index in [1.807, 2.05) is 19.9 Å². The van der Waals surface area contributed by atoms with Crippen molar-refractivity contribution >= 4 is 17.7 Å². The van der Waals surface area contributed by atoms with Crippen LogP contribution in [0.4, 0.5) is 10.5 Å². The quantitative estimate of drug-likeness (QED) is 0.613. The van der Waals surface area contributed by atoms with Gasteiger partial charge in [-0.3, -0.25) is 0 Å². The topological polar surface area (TPSA) is 108 Å². The molecule has 7 nitrogen and oxygen atoms in total. The van der Waals surface area contributed by atoms with E-state index in [0.29, 0.717) is 18.0 Å². The van der Waals surface area contributed by atoms with Gasteiger partial charge in [0.1, 0.15) is 5.75 Å². The number of ether oxygens (including phenoxy) is 1. The molecule has 0 radical (unpaired) electrons. The maximum atomic E-state index is 11.8. The number of nitrogens with one attached hydrogen (secondary N) is 2. The first-order valence-corrected chi connectivity index (χ1v) is 7.00. The number of hydrogen-bond donors (Lipinski definition) is 4. The van der Waals surface area contributed by atoms with Crippen LogP contribution >= 0.6 is 0 Å². The van der Waals surface area contributed by atoms with Gasteiger partial charge >= 0.3 is 12.0 Å². The Balaban J connectivity index is 2.69. The summed E-state index contributed by atoms with van der Waals surface area (Å²) < 4.78 is 5.57. The van der Waals surface area contributed by atoms with E-state index in [2.05, 4.69) is 10.6 Å². The smallest absolute Gasteiger partial charge is 0.337 e. The van der Waals surface area contributed by atoms with Crippen LogP contribution in [0.25, 0.3) is 0 Å². The molecular weight excluding hydrogens is 288 g/mol. The van der Waals surface area contributed by atoms with Crippen molar-refractivity contribution in [1.82, 2.24) is 5.32 Å². The molecule has 122 valence electrons. The fourth-order valence-electron chi connectivity index (χ4n) is 1.56. The first kappa shape index (κ1) is 17.8. The molecule has 1 aromatic rings. The average molecular weight is 310 g/mol. The molecule has 0 bridgehead atoms. The van der Waals surface area contributed by atoms with Crippen molar-refractivity contribution < 1.29 is 24.5 Å². The van der Waals surface area contributed by atoms with E-state index in [1.165, 1.54) is 0 Å². The van der Waals surface area contributed by atoms with Gasteiger partial charge in [0.05, 0.1) is 18.8 Å². The van der Waals surface area contributed by atoms with Gasteiger partial charge in [-0.2, -0.15) is 0 Å². The van der Waals surface area contributed by atoms with E-state index in [-0.39, 0.29) is 0 Å². The summed E-state index contributed by atoms with van der Waals surface area (Å²) in [5.41, 5.74) is -0.552. The average Bonchev–Trinajstić information content (AvgIpc) is 2.45. The number of hydrogen-bond acceptors (Lipinski definition) is 4. The van der Waals surface area contributed by atoms with Crippen LogP contribution in [0.1, 0.15) is 25.8 Å². The zero-order valence-electron chi connectivity index (χ0n) is 13.0. The molecule has 0 saturated carbocycles. The molecular formula is C15H22N2O5. The van der Waals surface area contributed by atoms with Gasteiger partial charge in [0.15, 0.2) is 5.60 Å². The van der Waals surface area contributed by atoms with Gasteiger partial charge < -0.3 is 25.6 Å². The molecule has 2 amide bonds. The molecule has 0 aromatic heterocycles. The van der Waals surface area contributed by atoms with Crippen LogP contribution < -0.4 is 15.4 Å². The standard InChI is InChI=1S/C15H22N2O5/c1-4-7-22-12-8-10(2)5-6-11(12)17-14(20)16-9-15(3,21)13(18)19/h5-6,8,21H,4,7,9H2,1-3H3,(H,18,19)(H2,16,17,20). The number of carbonyl (C=O) groups excluding carboxylic acids is 1. The number of carbonyl (C=O) groups is 2. The number of anilines is 1. The van der Waals surface area contributed by atoms with E-state index < -0.39 is 24.1 Å². The lowest BCUT2D eigenvalue weighted by atomic mass is 10.1. The third kappa shape index (κ3) is 5.25. The first-order chi connectivity index (χ1) is 10.3. The van der Waals surface area contributed by atoms with Crippen molar-refractivity contribution in [3.05, 3.63) is 23.8 Å². The highest BCUT2D eigenvalue weighted by atomic mass is 16.5. The van der Waals surface area contributed by atoms with Gasteiger partial charge in [-0.25, -0.2) is 9.59 Å². The Morgan fingerprint density at radius 1 is 1.36 bits per heavy atom. The van der Waals surface area contributed by atoms with Gasteiger partial charge in [-0.05, 0) is 38.0 Å². The zero-order valence-corrected chi connectivity index (χ0v) is 13.0. The summed E-state index contributed by atoms with van der Waals surface area (Å²) in [5.74, 6) is -0.864. The third-order valence-electron chi connectivity index (χ3n) is 2.90. The number of urea groups is 1. The van der Waals surface area contributed by atoms with Crippen molar-refractivity contribution in [2.75, 3.05) is 18.5 Å². The Bertz CT molecular complexity index is 543. The number of amides is 2. The van der Waals surface area contributed by atoms with Crippen LogP contribution in [0, 0.1) is 6.92 Å². The van der Waals surface area contributed by atoms with Crippen molar-refractivity contribution in [3.63, 3.8) is 0 Å². The second kappa shape index (κ2) is 7.65. The van der Waals surface area contributed by atoms with E-state index in [0.717, 1.165) is 18.9 Å². The monoisotopic (exact) mass is 310 g/mol. The van der Waals surface area contributed by atoms with E-state index in [9.17, 15) is 14.7 Å². The van der Waals surface area contributed by atoms with E-state index in [1.54, 1.807) is 12.1 Å². The summed E-state index contributed by atoms with van der Waals surface area (Å²) in [7, 11) is 0. The Morgan fingerprint density at radius 3 is 2.64 bits per heavy atom. The minimum atomic E-state index is -2.02. The molecule has 1 unspecified atom stereocenters. The number of aryl methyl sites for hydroxylation is 1. The number of carboxylic acids is 1. The molecule has 0 aliphatic carbocycles. The molecule has 7 heteroatoms. The molecule has 0 fully saturated rings. The lowest BCUT2D eigenvalue weighted by molar-refractivity contribution is -0.155. The Hall–Kier alpha value is -2.28. The highest BCUT2D eigenvalue weighted by Crippen LogP contribution is 2.25. The van der Waals surface area contributed by atoms with Crippen LogP contribution in [0.2, 0.25) is 0 Å². The SMILES string of the molecule is CCCOc1cc(C)ccc1NC(=O)NCC(C)(O)C(=O)O. The number of aliphatic hydroxyl groups is 1. The van der Waals surface area contributed by atoms with E-state index in [4.69, 9.17) is 9.84 Å². The fraction of sp³-hybridized carbons (Fsp3) is 0.467. The maximum Gasteiger partial charge on any atom is 0.337 e. The summed E-state index contributed by atoms with van der Waals surface area (Å²) in [6, 6.07) is 4.71. The molecule has 0 aliphatic rings. The molecule has 0 spiro atoms. The van der Waals surface area contributed by atoms with Crippen LogP contribution in [0.5, 0.6) is 5.75 Å². The number of rotatable bonds is 7. The summed E-state index contributed by atoms with van der Waals surface area (Å²) in [4.78, 5) is 22.6. The maximum absolute atomic E-state index is 11.8. The summed E-state index contributed by atoms with van der Waals surface area (Å²) in [5, 5.41) is 23.2. The third-order valence-corrected chi connectivity index (χ3v) is 2.90. The van der Waals surface area contributed by atoms with Crippen molar-refractivity contribution in [2.45, 2.75) is 32.8 Å². The normalized spacial score (nSPS) is 13.1. The summed E-state index contributed by atoms with van der Waals surface area (Å²) in [6.07, 6.45) is 0.834. The second-order valence-electron chi connectivity index (χ2n) is 5.23. The molecule has 1 aromatic carbocycles. The predicted octanol–water partition coefficient (Wildman–Crippen LogP) is 1.74. The number of aliphatic carboxylic acids is 1. The molecule has 1 rings (SSSR count). The number of carboxylic acid groups (broad SMARTS) is 1. The van der Waals surface area contributed by atoms with Crippen molar-refractivity contribution in [1.29, 1.82) is 0 Å². The largest absolute Gasteiger partial charge is 0.491 e. The minimum absolute atomic E-state index is 0.412. The van der Waals surface area contributed by atoms with Crippen LogP contribution in [-0.4, -0.2) is 41.0 Å². The van der Waals surface area contributed by atoms with Gasteiger partial charge in [-0.15, -0.1) is 0 Å². The fourth-order valence-corrected chi connectivity index (χ4v) is 1.56. The Labute approximate surface area is 129 Å². The highest BCUT2D eigenvalue weighted by Gasteiger charge is 2.30. The Kier molecular flexibility index (Phi) is 6.18. The molecule has 4 N–H and O–H groups in total. The van der Waals surface area contributed by atoms with Crippen molar-refractivity contribution in [2.24, 2.45) is 0 Å². The van der Waals surface area contributed by atoms with Gasteiger partial charge in [0, 0.05) is 0 Å². The van der Waals surface area contributed by atoms with Crippen molar-refractivity contribution in [3.8, 4) is 5.75 Å². The zero-order chi connectivity index (χ0) is 16.8. The summed E-state index contributed by atoms with van der Waals surface area (Å²) in [6.45, 7) is 5.10. The van der Waals surface area contributed by atoms with Crippen LogP contribution in [0.3, 0.4) is 0 Å². The molecule has 0 aliphatic heterocycles. The molecule has 1 atom stereocenters. The van der Waals surface area contributed by atoms with Gasteiger partial charge in [0.2, 0.25) is 0 Å². The summed E-state index contributed by atoms with van der Waals surface area (Å²) >= 11 is 0. The second-order valence-corrected chi connectivity index (χ2v) is 5.23. The van der Waals surface area contributed by atoms with Gasteiger partial charge in [-0.1, -0.05) is 13.0 Å². The molecule has 0 saturated heterocycles. The van der Waals surface area contributed by atoms with E-state index >= 15 is 0 Å². The molecule has 0 heterocycles. The predicted molar refractivity (Wildman–Crippen MR) is 82.2 cm³/mol. The lowest BCUT2D eigenvalue weighted by Gasteiger charge is -2.19. The minimum Gasteiger partial charge on any atom is -0.491 e. The number of benzene rings is 1. The van der Waals surface area contributed by atoms with Crippen LogP contribution in [0.15, 0.2) is 18.2 Å². The Morgan fingerprint density at radius 2 is 2.05 bits per heavy atom. The van der Waals surface area contributed by atoms with Gasteiger partial charge in [0.25, 0.3) is 0 Å². The highest BCUT2D eigenvalue weighted by molar-refractivity contribution is 5.91. The molecule has 22 heavy (non-hydrogen) atoms.